The first kappa shape index (κ1) is 15.3. The van der Waals surface area contributed by atoms with E-state index in [0.29, 0.717) is 31.8 Å². The number of nitrogens with zero attached hydrogens (tertiary/aromatic N) is 4. The predicted octanol–water partition coefficient (Wildman–Crippen LogP) is 0.376. The molecule has 2 N–H and O–H groups in total. The van der Waals surface area contributed by atoms with Crippen molar-refractivity contribution in [1.29, 1.82) is 0 Å². The van der Waals surface area contributed by atoms with Crippen LogP contribution in [0.25, 0.3) is 0 Å². The van der Waals surface area contributed by atoms with Crippen molar-refractivity contribution >= 4 is 11.9 Å². The fraction of sp³-hybridized carbons (Fsp3) is 0.692. The van der Waals surface area contributed by atoms with Crippen LogP contribution in [0.3, 0.4) is 0 Å². The van der Waals surface area contributed by atoms with Crippen LogP contribution >= 0.6 is 0 Å². The molecular weight excluding hydrogens is 272 g/mol. The van der Waals surface area contributed by atoms with Crippen molar-refractivity contribution < 1.29 is 9.59 Å². The zero-order valence-corrected chi connectivity index (χ0v) is 12.7. The van der Waals surface area contributed by atoms with E-state index in [2.05, 4.69) is 20.5 Å². The molecular formula is C13H22N6O2. The molecule has 21 heavy (non-hydrogen) atoms. The van der Waals surface area contributed by atoms with Crippen LogP contribution in [0.15, 0.2) is 6.33 Å². The second-order valence-electron chi connectivity index (χ2n) is 5.54. The molecule has 2 rings (SSSR count). The molecule has 0 bridgehead atoms. The van der Waals surface area contributed by atoms with Gasteiger partial charge in [-0.15, -0.1) is 0 Å². The van der Waals surface area contributed by atoms with Crippen molar-refractivity contribution in [2.45, 2.75) is 25.8 Å². The predicted molar refractivity (Wildman–Crippen MR) is 76.3 cm³/mol. The topological polar surface area (TPSA) is 94.2 Å². The molecule has 1 unspecified atom stereocenters. The van der Waals surface area contributed by atoms with Gasteiger partial charge in [0.25, 0.3) is 0 Å². The number of hydrogen-bond acceptors (Lipinski definition) is 4. The van der Waals surface area contributed by atoms with Gasteiger partial charge in [0.15, 0.2) is 0 Å². The fourth-order valence-electron chi connectivity index (χ4n) is 2.44. The molecule has 1 aliphatic heterocycles. The lowest BCUT2D eigenvalue weighted by Crippen LogP contribution is -2.46. The largest absolute Gasteiger partial charge is 0.346 e. The number of carbonyl (C=O) groups excluding carboxylic acids is 2. The van der Waals surface area contributed by atoms with E-state index >= 15 is 0 Å². The minimum Gasteiger partial charge on any atom is -0.346 e. The van der Waals surface area contributed by atoms with Crippen molar-refractivity contribution in [3.8, 4) is 0 Å². The highest BCUT2D eigenvalue weighted by Gasteiger charge is 2.28. The molecule has 3 amide bonds. The SMILES string of the molecule is CC(NC(=O)C1CCN(C(=O)N(C)C)CC1)c1ncn[nH]1. The molecule has 8 heteroatoms. The Bertz CT molecular complexity index is 479. The molecule has 0 saturated carbocycles. The number of rotatable bonds is 3. The Kier molecular flexibility index (Phi) is 4.77. The lowest BCUT2D eigenvalue weighted by molar-refractivity contribution is -0.127. The summed E-state index contributed by atoms with van der Waals surface area (Å²) in [6, 6.07) is -0.190. The minimum absolute atomic E-state index is 0.00360. The van der Waals surface area contributed by atoms with E-state index in [1.165, 1.54) is 6.33 Å². The van der Waals surface area contributed by atoms with Gasteiger partial charge in [0.1, 0.15) is 12.2 Å². The van der Waals surface area contributed by atoms with E-state index in [4.69, 9.17) is 0 Å². The lowest BCUT2D eigenvalue weighted by atomic mass is 9.96. The first-order chi connectivity index (χ1) is 9.99. The van der Waals surface area contributed by atoms with Gasteiger partial charge in [-0.25, -0.2) is 9.78 Å². The van der Waals surface area contributed by atoms with Crippen LogP contribution in [0, 0.1) is 5.92 Å². The minimum atomic E-state index is -0.193. The third-order valence-electron chi connectivity index (χ3n) is 3.72. The summed E-state index contributed by atoms with van der Waals surface area (Å²) in [5.74, 6) is 0.598. The summed E-state index contributed by atoms with van der Waals surface area (Å²) in [6.45, 7) is 3.10. The van der Waals surface area contributed by atoms with Crippen LogP contribution in [0.5, 0.6) is 0 Å². The average Bonchev–Trinajstić information content (AvgIpc) is 3.00. The van der Waals surface area contributed by atoms with Crippen LogP contribution in [-0.4, -0.2) is 64.1 Å². The van der Waals surface area contributed by atoms with Crippen LogP contribution < -0.4 is 5.32 Å². The molecule has 1 fully saturated rings. The third-order valence-corrected chi connectivity index (χ3v) is 3.72. The summed E-state index contributed by atoms with van der Waals surface area (Å²) in [6.07, 6.45) is 2.80. The van der Waals surface area contributed by atoms with E-state index in [9.17, 15) is 9.59 Å². The smallest absolute Gasteiger partial charge is 0.319 e. The van der Waals surface area contributed by atoms with E-state index in [-0.39, 0.29) is 23.9 Å². The summed E-state index contributed by atoms with van der Waals surface area (Å²) >= 11 is 0. The van der Waals surface area contributed by atoms with Gasteiger partial charge in [0.05, 0.1) is 6.04 Å². The molecule has 1 aliphatic rings. The number of aromatic amines is 1. The lowest BCUT2D eigenvalue weighted by Gasteiger charge is -2.33. The number of H-pyrrole nitrogens is 1. The van der Waals surface area contributed by atoms with Crippen molar-refractivity contribution in [3.05, 3.63) is 12.2 Å². The Morgan fingerprint density at radius 2 is 2.10 bits per heavy atom. The summed E-state index contributed by atoms with van der Waals surface area (Å²) in [5.41, 5.74) is 0. The average molecular weight is 294 g/mol. The Hall–Kier alpha value is -2.12. The Balaban J connectivity index is 1.82. The van der Waals surface area contributed by atoms with E-state index < -0.39 is 0 Å². The highest BCUT2D eigenvalue weighted by molar-refractivity contribution is 5.80. The maximum Gasteiger partial charge on any atom is 0.319 e. The number of hydrogen-bond donors (Lipinski definition) is 2. The molecule has 1 atom stereocenters. The van der Waals surface area contributed by atoms with E-state index in [1.807, 2.05) is 6.92 Å². The van der Waals surface area contributed by atoms with Gasteiger partial charge in [-0.1, -0.05) is 0 Å². The number of aromatic nitrogens is 3. The van der Waals surface area contributed by atoms with Gasteiger partial charge < -0.3 is 15.1 Å². The molecule has 0 radical (unpaired) electrons. The number of piperidine rings is 1. The van der Waals surface area contributed by atoms with Gasteiger partial charge in [0, 0.05) is 33.1 Å². The zero-order chi connectivity index (χ0) is 15.4. The Morgan fingerprint density at radius 1 is 1.43 bits per heavy atom. The molecule has 1 saturated heterocycles. The molecule has 2 heterocycles. The standard InChI is InChI=1S/C13H22N6O2/c1-9(11-14-8-15-17-11)16-12(20)10-4-6-19(7-5-10)13(21)18(2)3/h8-10H,4-7H2,1-3H3,(H,16,20)(H,14,15,17). The molecule has 0 aromatic carbocycles. The van der Waals surface area contributed by atoms with Crippen LogP contribution in [-0.2, 0) is 4.79 Å². The fourth-order valence-corrected chi connectivity index (χ4v) is 2.44. The monoisotopic (exact) mass is 294 g/mol. The maximum atomic E-state index is 12.2. The quantitative estimate of drug-likeness (QED) is 0.842. The second-order valence-corrected chi connectivity index (χ2v) is 5.54. The van der Waals surface area contributed by atoms with Gasteiger partial charge in [-0.2, -0.15) is 5.10 Å². The van der Waals surface area contributed by atoms with Crippen molar-refractivity contribution in [2.24, 2.45) is 5.92 Å². The van der Waals surface area contributed by atoms with Gasteiger partial charge >= 0.3 is 6.03 Å². The molecule has 0 aliphatic carbocycles. The Labute approximate surface area is 123 Å². The first-order valence-corrected chi connectivity index (χ1v) is 7.11. The number of urea groups is 1. The molecule has 116 valence electrons. The molecule has 8 nitrogen and oxygen atoms in total. The number of nitrogens with one attached hydrogen (secondary N) is 2. The number of carbonyl (C=O) groups is 2. The first-order valence-electron chi connectivity index (χ1n) is 7.11. The highest BCUT2D eigenvalue weighted by Crippen LogP contribution is 2.19. The molecule has 0 spiro atoms. The molecule has 1 aromatic heterocycles. The van der Waals surface area contributed by atoms with Crippen LogP contribution in [0.2, 0.25) is 0 Å². The van der Waals surface area contributed by atoms with Crippen molar-refractivity contribution in [2.75, 3.05) is 27.2 Å². The number of amides is 3. The third kappa shape index (κ3) is 3.71. The maximum absolute atomic E-state index is 12.2. The van der Waals surface area contributed by atoms with Crippen molar-refractivity contribution in [1.82, 2.24) is 30.3 Å². The van der Waals surface area contributed by atoms with Gasteiger partial charge in [0.2, 0.25) is 5.91 Å². The van der Waals surface area contributed by atoms with E-state index in [0.717, 1.165) is 0 Å². The molecule has 1 aromatic rings. The zero-order valence-electron chi connectivity index (χ0n) is 12.7. The summed E-state index contributed by atoms with van der Waals surface area (Å²) in [7, 11) is 3.47. The Morgan fingerprint density at radius 3 is 2.62 bits per heavy atom. The van der Waals surface area contributed by atoms with E-state index in [1.54, 1.807) is 23.9 Å². The second kappa shape index (κ2) is 6.55. The summed E-state index contributed by atoms with van der Waals surface area (Å²) < 4.78 is 0. The number of likely N-dealkylation sites (tertiary alicyclic amines) is 1. The summed E-state index contributed by atoms with van der Waals surface area (Å²) in [4.78, 5) is 31.4. The van der Waals surface area contributed by atoms with Crippen LogP contribution in [0.1, 0.15) is 31.6 Å². The van der Waals surface area contributed by atoms with Crippen molar-refractivity contribution in [3.63, 3.8) is 0 Å². The van der Waals surface area contributed by atoms with Gasteiger partial charge in [-0.05, 0) is 19.8 Å². The highest BCUT2D eigenvalue weighted by atomic mass is 16.2. The summed E-state index contributed by atoms with van der Waals surface area (Å²) in [5, 5.41) is 9.45. The van der Waals surface area contributed by atoms with Crippen LogP contribution in [0.4, 0.5) is 4.79 Å². The normalized spacial score (nSPS) is 17.4. The van der Waals surface area contributed by atoms with Gasteiger partial charge in [-0.3, -0.25) is 9.89 Å².